The van der Waals surface area contributed by atoms with Crippen LogP contribution in [0.4, 0.5) is 8.78 Å². The zero-order valence-corrected chi connectivity index (χ0v) is 15.6. The van der Waals surface area contributed by atoms with Crippen LogP contribution in [0.1, 0.15) is 15.2 Å². The van der Waals surface area contributed by atoms with Crippen molar-refractivity contribution >= 4 is 28.1 Å². The third-order valence-electron chi connectivity index (χ3n) is 4.58. The molecule has 0 atom stereocenters. The molecular formula is C19H19F2N3O2S. The van der Waals surface area contributed by atoms with E-state index in [9.17, 15) is 13.6 Å². The molecule has 5 nitrogen and oxygen atoms in total. The first kappa shape index (κ1) is 18.1. The number of aromatic nitrogens is 2. The lowest BCUT2D eigenvalue weighted by atomic mass is 10.1. The number of halogens is 2. The summed E-state index contributed by atoms with van der Waals surface area (Å²) in [5.41, 5.74) is 1.78. The summed E-state index contributed by atoms with van der Waals surface area (Å²) in [5.74, 6) is -0.0740. The van der Waals surface area contributed by atoms with Crippen LogP contribution in [0.25, 0.3) is 21.5 Å². The first-order valence-electron chi connectivity index (χ1n) is 8.75. The molecule has 0 aliphatic carbocycles. The van der Waals surface area contributed by atoms with E-state index in [1.165, 1.54) is 4.68 Å². The Bertz CT molecular complexity index is 977. The predicted octanol–water partition coefficient (Wildman–Crippen LogP) is 3.81. The molecule has 1 amide bonds. The van der Waals surface area contributed by atoms with Crippen LogP contribution in [0, 0.1) is 6.92 Å². The molecule has 1 aromatic carbocycles. The maximum Gasteiger partial charge on any atom is 0.257 e. The summed E-state index contributed by atoms with van der Waals surface area (Å²) in [6, 6.07) is 9.08. The zero-order chi connectivity index (χ0) is 19.0. The van der Waals surface area contributed by atoms with Crippen LogP contribution in [0.15, 0.2) is 30.3 Å². The number of alkyl halides is 2. The second-order valence-corrected chi connectivity index (χ2v) is 7.76. The van der Waals surface area contributed by atoms with Crippen LogP contribution in [-0.4, -0.2) is 53.3 Å². The molecule has 1 aliphatic heterocycles. The number of fused-ring (bicyclic) bond motifs is 1. The molecule has 3 heterocycles. The van der Waals surface area contributed by atoms with Crippen LogP contribution in [0.3, 0.4) is 0 Å². The van der Waals surface area contributed by atoms with Crippen molar-refractivity contribution in [2.75, 3.05) is 26.3 Å². The molecule has 1 aliphatic rings. The third-order valence-corrected chi connectivity index (χ3v) is 5.59. The highest BCUT2D eigenvalue weighted by atomic mass is 32.1. The summed E-state index contributed by atoms with van der Waals surface area (Å²) < 4.78 is 32.6. The van der Waals surface area contributed by atoms with Gasteiger partial charge in [-0.05, 0) is 37.3 Å². The number of carbonyl (C=O) groups is 1. The van der Waals surface area contributed by atoms with Gasteiger partial charge in [-0.3, -0.25) is 9.48 Å². The molecule has 0 radical (unpaired) electrons. The lowest BCUT2D eigenvalue weighted by Gasteiger charge is -2.26. The topological polar surface area (TPSA) is 47.4 Å². The number of thiophene rings is 1. The Balaban J connectivity index is 1.79. The number of aryl methyl sites for hydroxylation is 1. The Morgan fingerprint density at radius 2 is 2.04 bits per heavy atom. The van der Waals surface area contributed by atoms with E-state index in [1.54, 1.807) is 34.4 Å². The Kier molecular flexibility index (Phi) is 4.92. The minimum Gasteiger partial charge on any atom is -0.378 e. The summed E-state index contributed by atoms with van der Waals surface area (Å²) in [4.78, 5) is 16.6. The van der Waals surface area contributed by atoms with Gasteiger partial charge >= 0.3 is 0 Å². The standard InChI is InChI=1S/C19H19F2N3O2S/c1-12-2-5-16(27-12)18-14-10-13(19(25)23-6-8-26-9-7-23)3-4-15(14)24(22-18)11-17(20)21/h2-5,10,17H,6-9,11H2,1H3. The van der Waals surface area contributed by atoms with Crippen molar-refractivity contribution in [1.82, 2.24) is 14.7 Å². The van der Waals surface area contributed by atoms with Gasteiger partial charge in [-0.1, -0.05) is 0 Å². The van der Waals surface area contributed by atoms with Gasteiger partial charge in [-0.2, -0.15) is 5.10 Å². The Labute approximate surface area is 159 Å². The zero-order valence-electron chi connectivity index (χ0n) is 14.8. The molecule has 8 heteroatoms. The number of nitrogens with zero attached hydrogens (tertiary/aromatic N) is 3. The van der Waals surface area contributed by atoms with Gasteiger partial charge in [-0.25, -0.2) is 8.78 Å². The van der Waals surface area contributed by atoms with E-state index in [2.05, 4.69) is 5.10 Å². The fraction of sp³-hybridized carbons (Fsp3) is 0.368. The SMILES string of the molecule is Cc1ccc(-c2nn(CC(F)F)c3ccc(C(=O)N4CCOCC4)cc23)s1. The Morgan fingerprint density at radius 3 is 2.70 bits per heavy atom. The van der Waals surface area contributed by atoms with Crippen LogP contribution in [0.5, 0.6) is 0 Å². The molecule has 1 saturated heterocycles. The van der Waals surface area contributed by atoms with Gasteiger partial charge in [0.2, 0.25) is 0 Å². The number of morpholine rings is 1. The van der Waals surface area contributed by atoms with Gasteiger partial charge in [0, 0.05) is 28.9 Å². The van der Waals surface area contributed by atoms with Crippen LogP contribution < -0.4 is 0 Å². The van der Waals surface area contributed by atoms with Crippen LogP contribution >= 0.6 is 11.3 Å². The Hall–Kier alpha value is -2.32. The first-order valence-corrected chi connectivity index (χ1v) is 9.57. The molecular weight excluding hydrogens is 372 g/mol. The Morgan fingerprint density at radius 1 is 1.26 bits per heavy atom. The van der Waals surface area contributed by atoms with Gasteiger partial charge in [-0.15, -0.1) is 11.3 Å². The summed E-state index contributed by atoms with van der Waals surface area (Å²) in [6.45, 7) is 3.68. The van der Waals surface area contributed by atoms with E-state index in [-0.39, 0.29) is 5.91 Å². The quantitative estimate of drug-likeness (QED) is 0.680. The van der Waals surface area contributed by atoms with Crippen LogP contribution in [0.2, 0.25) is 0 Å². The maximum atomic E-state index is 13.0. The monoisotopic (exact) mass is 391 g/mol. The average molecular weight is 391 g/mol. The largest absolute Gasteiger partial charge is 0.378 e. The fourth-order valence-corrected chi connectivity index (χ4v) is 4.14. The highest BCUT2D eigenvalue weighted by Gasteiger charge is 2.22. The van der Waals surface area contributed by atoms with Gasteiger partial charge in [0.15, 0.2) is 0 Å². The molecule has 0 bridgehead atoms. The van der Waals surface area contributed by atoms with Gasteiger partial charge in [0.05, 0.1) is 23.6 Å². The van der Waals surface area contributed by atoms with Gasteiger partial charge < -0.3 is 9.64 Å². The molecule has 4 rings (SSSR count). The number of carbonyl (C=O) groups excluding carboxylic acids is 1. The van der Waals surface area contributed by atoms with Crippen molar-refractivity contribution in [2.24, 2.45) is 0 Å². The normalized spacial score (nSPS) is 15.0. The van der Waals surface area contributed by atoms with E-state index in [0.29, 0.717) is 43.1 Å². The fourth-order valence-electron chi connectivity index (χ4n) is 3.27. The predicted molar refractivity (Wildman–Crippen MR) is 101 cm³/mol. The van der Waals surface area contributed by atoms with Crippen molar-refractivity contribution in [1.29, 1.82) is 0 Å². The molecule has 2 aromatic heterocycles. The van der Waals surface area contributed by atoms with E-state index in [1.807, 2.05) is 19.1 Å². The summed E-state index contributed by atoms with van der Waals surface area (Å²) in [5, 5.41) is 5.15. The molecule has 1 fully saturated rings. The van der Waals surface area contributed by atoms with Gasteiger partial charge in [0.25, 0.3) is 12.3 Å². The van der Waals surface area contributed by atoms with E-state index in [4.69, 9.17) is 4.74 Å². The third kappa shape index (κ3) is 3.59. The van der Waals surface area contributed by atoms with Gasteiger partial charge in [0.1, 0.15) is 12.2 Å². The lowest BCUT2D eigenvalue weighted by molar-refractivity contribution is 0.0303. The number of hydrogen-bond donors (Lipinski definition) is 0. The number of hydrogen-bond acceptors (Lipinski definition) is 4. The highest BCUT2D eigenvalue weighted by molar-refractivity contribution is 7.15. The van der Waals surface area contributed by atoms with Crippen molar-refractivity contribution in [2.45, 2.75) is 19.9 Å². The summed E-state index contributed by atoms with van der Waals surface area (Å²) in [7, 11) is 0. The molecule has 142 valence electrons. The van der Waals surface area contributed by atoms with Crippen molar-refractivity contribution in [3.8, 4) is 10.6 Å². The average Bonchev–Trinajstić information content (AvgIpc) is 3.25. The van der Waals surface area contributed by atoms with E-state index < -0.39 is 13.0 Å². The second-order valence-electron chi connectivity index (χ2n) is 6.47. The minimum atomic E-state index is -2.50. The summed E-state index contributed by atoms with van der Waals surface area (Å²) in [6.07, 6.45) is -2.50. The number of amides is 1. The van der Waals surface area contributed by atoms with Crippen molar-refractivity contribution in [3.05, 3.63) is 40.8 Å². The van der Waals surface area contributed by atoms with E-state index >= 15 is 0 Å². The van der Waals surface area contributed by atoms with Crippen molar-refractivity contribution in [3.63, 3.8) is 0 Å². The minimum absolute atomic E-state index is 0.0740. The second kappa shape index (κ2) is 7.36. The lowest BCUT2D eigenvalue weighted by Crippen LogP contribution is -2.40. The molecule has 0 N–H and O–H groups in total. The van der Waals surface area contributed by atoms with Crippen molar-refractivity contribution < 1.29 is 18.3 Å². The molecule has 0 spiro atoms. The smallest absolute Gasteiger partial charge is 0.257 e. The number of ether oxygens (including phenoxy) is 1. The number of benzene rings is 1. The number of rotatable bonds is 4. The first-order chi connectivity index (χ1) is 13.0. The molecule has 0 unspecified atom stereocenters. The molecule has 0 saturated carbocycles. The summed E-state index contributed by atoms with van der Waals surface area (Å²) >= 11 is 1.56. The highest BCUT2D eigenvalue weighted by Crippen LogP contribution is 2.34. The van der Waals surface area contributed by atoms with Crippen LogP contribution in [-0.2, 0) is 11.3 Å². The molecule has 3 aromatic rings. The van der Waals surface area contributed by atoms with E-state index in [0.717, 1.165) is 15.1 Å². The molecule has 27 heavy (non-hydrogen) atoms. The maximum absolute atomic E-state index is 13.0.